The summed E-state index contributed by atoms with van der Waals surface area (Å²) in [5.74, 6) is 0.167. The fourth-order valence-corrected chi connectivity index (χ4v) is 3.32. The Morgan fingerprint density at radius 1 is 1.23 bits per heavy atom. The van der Waals surface area contributed by atoms with Gasteiger partial charge in [-0.15, -0.1) is 0 Å². The molecule has 1 aromatic rings. The Hall–Kier alpha value is -1.30. The molecule has 2 aliphatic heterocycles. The minimum atomic E-state index is -0.271. The van der Waals surface area contributed by atoms with Crippen molar-refractivity contribution in [1.29, 1.82) is 0 Å². The van der Waals surface area contributed by atoms with E-state index in [1.54, 1.807) is 0 Å². The summed E-state index contributed by atoms with van der Waals surface area (Å²) in [7, 11) is 0. The Labute approximate surface area is 136 Å². The molecule has 2 aliphatic rings. The highest BCUT2D eigenvalue weighted by Crippen LogP contribution is 2.21. The number of amides is 1. The molecular weight excluding hydrogens is 302 g/mol. The second kappa shape index (κ2) is 6.86. The van der Waals surface area contributed by atoms with Gasteiger partial charge in [0.05, 0.1) is 12.6 Å². The second-order valence-corrected chi connectivity index (χ2v) is 6.46. The first-order chi connectivity index (χ1) is 10.6. The van der Waals surface area contributed by atoms with Crippen LogP contribution in [0.5, 0.6) is 0 Å². The fourth-order valence-electron chi connectivity index (χ4n) is 3.13. The lowest BCUT2D eigenvalue weighted by Gasteiger charge is -2.36. The number of rotatable bonds is 3. The van der Waals surface area contributed by atoms with E-state index in [4.69, 9.17) is 11.6 Å². The van der Waals surface area contributed by atoms with Crippen molar-refractivity contribution in [2.75, 3.05) is 50.7 Å². The SMILES string of the molecule is O=C(CN1CC[C@H](O)C1)N1CCN(c2cccc(Cl)c2)CC1. The molecule has 1 amide bonds. The molecule has 5 nitrogen and oxygen atoms in total. The Kier molecular flexibility index (Phi) is 4.86. The van der Waals surface area contributed by atoms with Crippen LogP contribution in [0.4, 0.5) is 5.69 Å². The molecule has 0 radical (unpaired) electrons. The monoisotopic (exact) mass is 323 g/mol. The third kappa shape index (κ3) is 3.72. The topological polar surface area (TPSA) is 47.0 Å². The highest BCUT2D eigenvalue weighted by Gasteiger charge is 2.26. The van der Waals surface area contributed by atoms with Crippen molar-refractivity contribution in [2.45, 2.75) is 12.5 Å². The number of aliphatic hydroxyl groups excluding tert-OH is 1. The van der Waals surface area contributed by atoms with Crippen LogP contribution in [0.25, 0.3) is 0 Å². The van der Waals surface area contributed by atoms with Crippen molar-refractivity contribution in [3.05, 3.63) is 29.3 Å². The smallest absolute Gasteiger partial charge is 0.236 e. The molecule has 0 bridgehead atoms. The molecule has 1 atom stereocenters. The second-order valence-electron chi connectivity index (χ2n) is 6.03. The van der Waals surface area contributed by atoms with Gasteiger partial charge in [0.2, 0.25) is 5.91 Å². The molecular formula is C16H22ClN3O2. The van der Waals surface area contributed by atoms with E-state index in [1.165, 1.54) is 0 Å². The summed E-state index contributed by atoms with van der Waals surface area (Å²) in [6, 6.07) is 7.84. The lowest BCUT2D eigenvalue weighted by molar-refractivity contribution is -0.132. The molecule has 2 saturated heterocycles. The number of likely N-dealkylation sites (tertiary alicyclic amines) is 1. The number of carbonyl (C=O) groups is 1. The van der Waals surface area contributed by atoms with Crippen LogP contribution in [-0.4, -0.2) is 72.7 Å². The van der Waals surface area contributed by atoms with E-state index in [0.717, 1.165) is 49.9 Å². The van der Waals surface area contributed by atoms with E-state index >= 15 is 0 Å². The Balaban J connectivity index is 1.50. The average molecular weight is 324 g/mol. The highest BCUT2D eigenvalue weighted by molar-refractivity contribution is 6.30. The molecule has 2 heterocycles. The van der Waals surface area contributed by atoms with E-state index in [2.05, 4.69) is 11.0 Å². The lowest BCUT2D eigenvalue weighted by Crippen LogP contribution is -2.51. The fraction of sp³-hybridized carbons (Fsp3) is 0.562. The third-order valence-corrected chi connectivity index (χ3v) is 4.65. The van der Waals surface area contributed by atoms with E-state index < -0.39 is 0 Å². The Morgan fingerprint density at radius 3 is 2.64 bits per heavy atom. The van der Waals surface area contributed by atoms with E-state index in [0.29, 0.717) is 13.1 Å². The van der Waals surface area contributed by atoms with Crippen LogP contribution >= 0.6 is 11.6 Å². The van der Waals surface area contributed by atoms with Crippen molar-refractivity contribution in [1.82, 2.24) is 9.80 Å². The van der Waals surface area contributed by atoms with Gasteiger partial charge in [0.15, 0.2) is 0 Å². The molecule has 0 spiro atoms. The van der Waals surface area contributed by atoms with Gasteiger partial charge in [0, 0.05) is 50.0 Å². The van der Waals surface area contributed by atoms with Crippen LogP contribution in [0.15, 0.2) is 24.3 Å². The zero-order chi connectivity index (χ0) is 15.5. The van der Waals surface area contributed by atoms with Crippen LogP contribution < -0.4 is 4.90 Å². The van der Waals surface area contributed by atoms with Crippen molar-refractivity contribution >= 4 is 23.2 Å². The number of nitrogens with zero attached hydrogens (tertiary/aromatic N) is 3. The van der Waals surface area contributed by atoms with Crippen LogP contribution in [0.3, 0.4) is 0 Å². The first kappa shape index (κ1) is 15.6. The largest absolute Gasteiger partial charge is 0.392 e. The van der Waals surface area contributed by atoms with Gasteiger partial charge < -0.3 is 14.9 Å². The maximum absolute atomic E-state index is 12.3. The molecule has 1 aromatic carbocycles. The zero-order valence-electron chi connectivity index (χ0n) is 12.6. The molecule has 6 heteroatoms. The zero-order valence-corrected chi connectivity index (χ0v) is 13.4. The minimum Gasteiger partial charge on any atom is -0.392 e. The van der Waals surface area contributed by atoms with Gasteiger partial charge in [0.1, 0.15) is 0 Å². The van der Waals surface area contributed by atoms with E-state index in [-0.39, 0.29) is 12.0 Å². The maximum atomic E-state index is 12.3. The van der Waals surface area contributed by atoms with Crippen molar-refractivity contribution in [3.63, 3.8) is 0 Å². The third-order valence-electron chi connectivity index (χ3n) is 4.41. The van der Waals surface area contributed by atoms with E-state index in [9.17, 15) is 9.90 Å². The minimum absolute atomic E-state index is 0.167. The standard InChI is InChI=1S/C16H22ClN3O2/c17-13-2-1-3-14(10-13)19-6-8-20(9-7-19)16(22)12-18-5-4-15(21)11-18/h1-3,10,15,21H,4-9,11-12H2/t15-/m0/s1. The number of benzene rings is 1. The van der Waals surface area contributed by atoms with E-state index in [1.807, 2.05) is 28.0 Å². The highest BCUT2D eigenvalue weighted by atomic mass is 35.5. The molecule has 3 rings (SSSR count). The molecule has 2 fully saturated rings. The van der Waals surface area contributed by atoms with Crippen molar-refractivity contribution < 1.29 is 9.90 Å². The summed E-state index contributed by atoms with van der Waals surface area (Å²) in [6.45, 7) is 4.99. The van der Waals surface area contributed by atoms with Gasteiger partial charge in [-0.25, -0.2) is 0 Å². The number of β-amino-alcohol motifs (C(OH)–C–C–N with tert-alkyl or cyclic N) is 1. The summed E-state index contributed by atoms with van der Waals surface area (Å²) in [4.78, 5) is 18.5. The predicted molar refractivity (Wildman–Crippen MR) is 87.3 cm³/mol. The summed E-state index contributed by atoms with van der Waals surface area (Å²) in [5, 5.41) is 10.3. The van der Waals surface area contributed by atoms with Crippen LogP contribution in [0.1, 0.15) is 6.42 Å². The summed E-state index contributed by atoms with van der Waals surface area (Å²) in [5.41, 5.74) is 1.11. The predicted octanol–water partition coefficient (Wildman–Crippen LogP) is 1.06. The Morgan fingerprint density at radius 2 is 2.00 bits per heavy atom. The van der Waals surface area contributed by atoms with Gasteiger partial charge >= 0.3 is 0 Å². The number of halogens is 1. The van der Waals surface area contributed by atoms with Gasteiger partial charge in [-0.05, 0) is 24.6 Å². The van der Waals surface area contributed by atoms with Crippen LogP contribution in [-0.2, 0) is 4.79 Å². The first-order valence-electron chi connectivity index (χ1n) is 7.80. The normalized spacial score (nSPS) is 23.1. The number of hydrogen-bond donors (Lipinski definition) is 1. The van der Waals surface area contributed by atoms with Gasteiger partial charge in [-0.3, -0.25) is 9.69 Å². The molecule has 120 valence electrons. The number of anilines is 1. The molecule has 0 unspecified atom stereocenters. The molecule has 1 N–H and O–H groups in total. The number of aliphatic hydroxyl groups is 1. The first-order valence-corrected chi connectivity index (χ1v) is 8.18. The van der Waals surface area contributed by atoms with Gasteiger partial charge in [0.25, 0.3) is 0 Å². The number of hydrogen-bond acceptors (Lipinski definition) is 4. The lowest BCUT2D eigenvalue weighted by atomic mass is 10.2. The maximum Gasteiger partial charge on any atom is 0.236 e. The molecule has 0 saturated carbocycles. The summed E-state index contributed by atoms with van der Waals surface area (Å²) in [6.07, 6.45) is 0.503. The number of piperazine rings is 1. The van der Waals surface area contributed by atoms with Crippen LogP contribution in [0, 0.1) is 0 Å². The Bertz CT molecular complexity index is 532. The molecule has 0 aliphatic carbocycles. The van der Waals surface area contributed by atoms with Crippen LogP contribution in [0.2, 0.25) is 5.02 Å². The van der Waals surface area contributed by atoms with Gasteiger partial charge in [-0.1, -0.05) is 17.7 Å². The van der Waals surface area contributed by atoms with Crippen molar-refractivity contribution in [2.24, 2.45) is 0 Å². The van der Waals surface area contributed by atoms with Crippen molar-refractivity contribution in [3.8, 4) is 0 Å². The summed E-state index contributed by atoms with van der Waals surface area (Å²) >= 11 is 6.03. The van der Waals surface area contributed by atoms with Gasteiger partial charge in [-0.2, -0.15) is 0 Å². The molecule has 0 aromatic heterocycles. The molecule has 22 heavy (non-hydrogen) atoms. The quantitative estimate of drug-likeness (QED) is 0.903. The average Bonchev–Trinajstić information content (AvgIpc) is 2.92. The number of carbonyl (C=O) groups excluding carboxylic acids is 1. The summed E-state index contributed by atoms with van der Waals surface area (Å²) < 4.78 is 0.